The van der Waals surface area contributed by atoms with Crippen LogP contribution in [0.4, 0.5) is 0 Å². The Morgan fingerprint density at radius 2 is 1.81 bits per heavy atom. The SMILES string of the molecule is COc1ccc(-c2nc3sc4c(c3c(=O)n2C2CCN(C)CC2)CCCC4)cc1OC. The van der Waals surface area contributed by atoms with Gasteiger partial charge in [0.15, 0.2) is 11.5 Å². The molecule has 7 heteroatoms. The molecule has 1 saturated heterocycles. The fraction of sp³-hybridized carbons (Fsp3) is 0.500. The molecule has 3 heterocycles. The number of piperidine rings is 1. The molecule has 0 radical (unpaired) electrons. The quantitative estimate of drug-likeness (QED) is 0.607. The van der Waals surface area contributed by atoms with Gasteiger partial charge in [-0.2, -0.15) is 0 Å². The second kappa shape index (κ2) is 8.28. The molecule has 0 atom stereocenters. The van der Waals surface area contributed by atoms with Crippen molar-refractivity contribution in [1.29, 1.82) is 0 Å². The molecule has 0 bridgehead atoms. The number of likely N-dealkylation sites (tertiary alicyclic amines) is 1. The summed E-state index contributed by atoms with van der Waals surface area (Å²) in [5, 5.41) is 0.864. The standard InChI is InChI=1S/C24H29N3O3S/c1-26-12-10-16(11-13-26)27-22(15-8-9-18(29-2)19(14-15)30-3)25-23-21(24(27)28)17-6-4-5-7-20(17)31-23/h8-9,14,16H,4-7,10-13H2,1-3H3. The van der Waals surface area contributed by atoms with Gasteiger partial charge >= 0.3 is 0 Å². The van der Waals surface area contributed by atoms with Crippen LogP contribution in [0.25, 0.3) is 21.6 Å². The van der Waals surface area contributed by atoms with Crippen LogP contribution < -0.4 is 15.0 Å². The Labute approximate surface area is 186 Å². The third kappa shape index (κ3) is 3.53. The van der Waals surface area contributed by atoms with E-state index < -0.39 is 0 Å². The highest BCUT2D eigenvalue weighted by Gasteiger charge is 2.27. The Kier molecular flexibility index (Phi) is 5.48. The molecule has 2 aromatic heterocycles. The van der Waals surface area contributed by atoms with Gasteiger partial charge in [0.2, 0.25) is 0 Å². The third-order valence-electron chi connectivity index (χ3n) is 6.72. The maximum absolute atomic E-state index is 14.0. The van der Waals surface area contributed by atoms with Crippen LogP contribution in [0.1, 0.15) is 42.2 Å². The topological polar surface area (TPSA) is 56.6 Å². The van der Waals surface area contributed by atoms with E-state index in [1.165, 1.54) is 16.9 Å². The van der Waals surface area contributed by atoms with Gasteiger partial charge < -0.3 is 14.4 Å². The molecule has 0 spiro atoms. The molecule has 31 heavy (non-hydrogen) atoms. The number of ether oxygens (including phenoxy) is 2. The predicted molar refractivity (Wildman–Crippen MR) is 125 cm³/mol. The molecule has 1 aliphatic heterocycles. The zero-order valence-electron chi connectivity index (χ0n) is 18.4. The number of benzene rings is 1. The first-order valence-electron chi connectivity index (χ1n) is 11.1. The summed E-state index contributed by atoms with van der Waals surface area (Å²) in [5.74, 6) is 2.06. The molecule has 0 saturated carbocycles. The monoisotopic (exact) mass is 439 g/mol. The van der Waals surface area contributed by atoms with Crippen molar-refractivity contribution in [2.45, 2.75) is 44.6 Å². The maximum atomic E-state index is 14.0. The van der Waals surface area contributed by atoms with Crippen LogP contribution in [0, 0.1) is 0 Å². The molecule has 164 valence electrons. The molecule has 1 fully saturated rings. The summed E-state index contributed by atoms with van der Waals surface area (Å²) in [6, 6.07) is 5.96. The highest BCUT2D eigenvalue weighted by molar-refractivity contribution is 7.18. The van der Waals surface area contributed by atoms with Gasteiger partial charge in [-0.3, -0.25) is 9.36 Å². The van der Waals surface area contributed by atoms with E-state index in [2.05, 4.69) is 11.9 Å². The number of thiophene rings is 1. The highest BCUT2D eigenvalue weighted by Crippen LogP contribution is 2.38. The van der Waals surface area contributed by atoms with Crippen LogP contribution >= 0.6 is 11.3 Å². The van der Waals surface area contributed by atoms with Crippen molar-refractivity contribution in [1.82, 2.24) is 14.5 Å². The van der Waals surface area contributed by atoms with E-state index in [0.717, 1.165) is 66.8 Å². The number of hydrogen-bond acceptors (Lipinski definition) is 6. The molecule has 2 aliphatic rings. The van der Waals surface area contributed by atoms with E-state index in [1.54, 1.807) is 25.6 Å². The van der Waals surface area contributed by atoms with Gasteiger partial charge in [-0.1, -0.05) is 0 Å². The van der Waals surface area contributed by atoms with Crippen LogP contribution in [-0.2, 0) is 12.8 Å². The highest BCUT2D eigenvalue weighted by atomic mass is 32.1. The minimum absolute atomic E-state index is 0.128. The predicted octanol–water partition coefficient (Wildman–Crippen LogP) is 4.29. The van der Waals surface area contributed by atoms with Crippen molar-refractivity contribution in [2.24, 2.45) is 0 Å². The molecular formula is C24H29N3O3S. The first-order chi connectivity index (χ1) is 15.1. The van der Waals surface area contributed by atoms with Crippen molar-refractivity contribution in [3.63, 3.8) is 0 Å². The van der Waals surface area contributed by atoms with Gasteiger partial charge in [-0.15, -0.1) is 11.3 Å². The van der Waals surface area contributed by atoms with Crippen molar-refractivity contribution in [2.75, 3.05) is 34.4 Å². The number of hydrogen-bond donors (Lipinski definition) is 0. The molecular weight excluding hydrogens is 410 g/mol. The Hall–Kier alpha value is -2.38. The molecule has 3 aromatic rings. The van der Waals surface area contributed by atoms with Gasteiger partial charge in [-0.05, 0) is 82.4 Å². The smallest absolute Gasteiger partial charge is 0.263 e. The molecule has 0 amide bonds. The molecule has 1 aliphatic carbocycles. The van der Waals surface area contributed by atoms with Gasteiger partial charge in [0, 0.05) is 16.5 Å². The van der Waals surface area contributed by atoms with Crippen molar-refractivity contribution in [3.05, 3.63) is 39.0 Å². The third-order valence-corrected chi connectivity index (χ3v) is 7.90. The maximum Gasteiger partial charge on any atom is 0.263 e. The van der Waals surface area contributed by atoms with Crippen LogP contribution in [0.15, 0.2) is 23.0 Å². The van der Waals surface area contributed by atoms with E-state index >= 15 is 0 Å². The second-order valence-electron chi connectivity index (χ2n) is 8.61. The van der Waals surface area contributed by atoms with Crippen molar-refractivity contribution in [3.8, 4) is 22.9 Å². The average molecular weight is 440 g/mol. The van der Waals surface area contributed by atoms with E-state index in [-0.39, 0.29) is 11.6 Å². The van der Waals surface area contributed by atoms with Gasteiger partial charge in [0.25, 0.3) is 5.56 Å². The lowest BCUT2D eigenvalue weighted by Crippen LogP contribution is -2.36. The molecule has 0 unspecified atom stereocenters. The second-order valence-corrected chi connectivity index (χ2v) is 9.69. The molecule has 6 nitrogen and oxygen atoms in total. The Bertz CT molecular complexity index is 1180. The fourth-order valence-electron chi connectivity index (χ4n) is 4.99. The lowest BCUT2D eigenvalue weighted by Gasteiger charge is -2.31. The first kappa shape index (κ1) is 20.5. The number of aryl methyl sites for hydroxylation is 2. The van der Waals surface area contributed by atoms with Crippen molar-refractivity contribution < 1.29 is 9.47 Å². The first-order valence-corrected chi connectivity index (χ1v) is 11.9. The van der Waals surface area contributed by atoms with Gasteiger partial charge in [-0.25, -0.2) is 4.98 Å². The Morgan fingerprint density at radius 1 is 1.06 bits per heavy atom. The summed E-state index contributed by atoms with van der Waals surface area (Å²) < 4.78 is 12.9. The number of rotatable bonds is 4. The summed E-state index contributed by atoms with van der Waals surface area (Å²) in [4.78, 5) is 23.6. The minimum atomic E-state index is 0.128. The zero-order chi connectivity index (χ0) is 21.5. The van der Waals surface area contributed by atoms with Gasteiger partial charge in [0.1, 0.15) is 10.7 Å². The summed E-state index contributed by atoms with van der Waals surface area (Å²) in [5.41, 5.74) is 2.27. The number of nitrogens with zero attached hydrogens (tertiary/aromatic N) is 3. The normalized spacial score (nSPS) is 17.6. The zero-order valence-corrected chi connectivity index (χ0v) is 19.3. The van der Waals surface area contributed by atoms with Crippen LogP contribution in [-0.4, -0.2) is 48.8 Å². The average Bonchev–Trinajstić information content (AvgIpc) is 3.18. The summed E-state index contributed by atoms with van der Waals surface area (Å²) in [6.07, 6.45) is 6.33. The number of methoxy groups -OCH3 is 2. The van der Waals surface area contributed by atoms with E-state index in [4.69, 9.17) is 14.5 Å². The molecule has 5 rings (SSSR count). The van der Waals surface area contributed by atoms with Crippen LogP contribution in [0.2, 0.25) is 0 Å². The van der Waals surface area contributed by atoms with Crippen LogP contribution in [0.5, 0.6) is 11.5 Å². The lowest BCUT2D eigenvalue weighted by atomic mass is 9.97. The summed E-state index contributed by atoms with van der Waals surface area (Å²) in [6.45, 7) is 1.98. The summed E-state index contributed by atoms with van der Waals surface area (Å²) in [7, 11) is 5.41. The molecule has 0 N–H and O–H groups in total. The van der Waals surface area contributed by atoms with E-state index in [1.807, 2.05) is 22.8 Å². The number of aromatic nitrogens is 2. The summed E-state index contributed by atoms with van der Waals surface area (Å²) >= 11 is 1.71. The lowest BCUT2D eigenvalue weighted by molar-refractivity contribution is 0.219. The number of fused-ring (bicyclic) bond motifs is 3. The molecule has 1 aromatic carbocycles. The fourth-order valence-corrected chi connectivity index (χ4v) is 6.24. The van der Waals surface area contributed by atoms with E-state index in [9.17, 15) is 4.79 Å². The van der Waals surface area contributed by atoms with E-state index in [0.29, 0.717) is 11.5 Å². The van der Waals surface area contributed by atoms with Crippen LogP contribution in [0.3, 0.4) is 0 Å². The Morgan fingerprint density at radius 3 is 2.55 bits per heavy atom. The minimum Gasteiger partial charge on any atom is -0.493 e. The van der Waals surface area contributed by atoms with Crippen molar-refractivity contribution >= 4 is 21.6 Å². The largest absolute Gasteiger partial charge is 0.493 e. The Balaban J connectivity index is 1.74. The van der Waals surface area contributed by atoms with Gasteiger partial charge in [0.05, 0.1) is 19.6 Å².